The maximum atomic E-state index is 12.7. The van der Waals surface area contributed by atoms with Crippen molar-refractivity contribution in [2.24, 2.45) is 0 Å². The minimum absolute atomic E-state index is 0.0304. The SMILES string of the molecule is CC[C@@H](COCCC(=O)N1CCN(c2ccc(C(F)(F)F)cn2)CC1)Nc1cn[nH]c(=O)c1C. The molecule has 2 N–H and O–H groups in total. The summed E-state index contributed by atoms with van der Waals surface area (Å²) in [5, 5.41) is 9.42. The summed E-state index contributed by atoms with van der Waals surface area (Å²) in [5.74, 6) is 0.433. The molecule has 34 heavy (non-hydrogen) atoms. The number of piperazine rings is 1. The van der Waals surface area contributed by atoms with Gasteiger partial charge in [0.15, 0.2) is 0 Å². The van der Waals surface area contributed by atoms with Crippen LogP contribution in [-0.2, 0) is 15.7 Å². The van der Waals surface area contributed by atoms with Crippen LogP contribution in [0.15, 0.2) is 29.3 Å². The molecule has 12 heteroatoms. The van der Waals surface area contributed by atoms with Gasteiger partial charge in [-0.1, -0.05) is 6.92 Å². The van der Waals surface area contributed by atoms with Crippen LogP contribution < -0.4 is 15.8 Å². The highest BCUT2D eigenvalue weighted by atomic mass is 19.4. The number of hydrogen-bond donors (Lipinski definition) is 2. The lowest BCUT2D eigenvalue weighted by Crippen LogP contribution is -2.49. The molecule has 9 nitrogen and oxygen atoms in total. The normalized spacial score (nSPS) is 15.3. The maximum absolute atomic E-state index is 12.7. The number of nitrogens with zero attached hydrogens (tertiary/aromatic N) is 4. The third kappa shape index (κ3) is 6.69. The fourth-order valence-corrected chi connectivity index (χ4v) is 3.55. The molecule has 3 rings (SSSR count). The van der Waals surface area contributed by atoms with E-state index >= 15 is 0 Å². The number of carbonyl (C=O) groups excluding carboxylic acids is 1. The molecule has 2 aromatic rings. The lowest BCUT2D eigenvalue weighted by Gasteiger charge is -2.35. The van der Waals surface area contributed by atoms with Crippen LogP contribution in [0.5, 0.6) is 0 Å². The molecule has 1 amide bonds. The first kappa shape index (κ1) is 25.5. The minimum Gasteiger partial charge on any atom is -0.379 e. The van der Waals surface area contributed by atoms with Gasteiger partial charge in [-0.3, -0.25) is 9.59 Å². The lowest BCUT2D eigenvalue weighted by molar-refractivity contribution is -0.138. The fourth-order valence-electron chi connectivity index (χ4n) is 3.55. The van der Waals surface area contributed by atoms with E-state index in [9.17, 15) is 22.8 Å². The molecule has 0 aromatic carbocycles. The first-order chi connectivity index (χ1) is 16.2. The Kier molecular flexibility index (Phi) is 8.48. The van der Waals surface area contributed by atoms with E-state index < -0.39 is 11.7 Å². The molecule has 0 aliphatic carbocycles. The van der Waals surface area contributed by atoms with Crippen LogP contribution in [0.4, 0.5) is 24.7 Å². The van der Waals surface area contributed by atoms with Gasteiger partial charge in [0.1, 0.15) is 5.82 Å². The van der Waals surface area contributed by atoms with Crippen LogP contribution in [0.3, 0.4) is 0 Å². The van der Waals surface area contributed by atoms with E-state index in [0.717, 1.165) is 18.7 Å². The van der Waals surface area contributed by atoms with Crippen molar-refractivity contribution in [3.63, 3.8) is 0 Å². The summed E-state index contributed by atoms with van der Waals surface area (Å²) in [7, 11) is 0. The highest BCUT2D eigenvalue weighted by molar-refractivity contribution is 5.76. The van der Waals surface area contributed by atoms with E-state index in [4.69, 9.17) is 4.74 Å². The number of nitrogens with one attached hydrogen (secondary N) is 2. The van der Waals surface area contributed by atoms with Gasteiger partial charge in [-0.25, -0.2) is 10.1 Å². The largest absolute Gasteiger partial charge is 0.417 e. The van der Waals surface area contributed by atoms with Gasteiger partial charge in [-0.2, -0.15) is 18.3 Å². The monoisotopic (exact) mass is 482 g/mol. The third-order valence-corrected chi connectivity index (χ3v) is 5.77. The highest BCUT2D eigenvalue weighted by Crippen LogP contribution is 2.29. The molecular formula is C22H29F3N6O3. The standard InChI is InChI=1S/C22H29F3N6O3/c1-3-17(28-18-13-27-29-21(33)15(18)2)14-34-11-6-20(32)31-9-7-30(8-10-31)19-5-4-16(12-26-19)22(23,24)25/h4-5,12-13,17H,3,6-11,14H2,1-2H3,(H2,28,29,33)/t17-/m0/s1. The van der Waals surface area contributed by atoms with Crippen molar-refractivity contribution in [2.45, 2.75) is 38.9 Å². The Morgan fingerprint density at radius 1 is 1.24 bits per heavy atom. The molecular weight excluding hydrogens is 453 g/mol. The summed E-state index contributed by atoms with van der Waals surface area (Å²) in [6, 6.07) is 2.34. The van der Waals surface area contributed by atoms with Crippen molar-refractivity contribution >= 4 is 17.4 Å². The zero-order valence-corrected chi connectivity index (χ0v) is 19.2. The number of anilines is 2. The van der Waals surface area contributed by atoms with Crippen LogP contribution in [0, 0.1) is 6.92 Å². The zero-order valence-electron chi connectivity index (χ0n) is 19.2. The van der Waals surface area contributed by atoms with E-state index in [1.807, 2.05) is 11.8 Å². The minimum atomic E-state index is -4.41. The van der Waals surface area contributed by atoms with E-state index in [-0.39, 0.29) is 30.5 Å². The quantitative estimate of drug-likeness (QED) is 0.529. The smallest absolute Gasteiger partial charge is 0.379 e. The number of aromatic nitrogens is 3. The molecule has 0 bridgehead atoms. The van der Waals surface area contributed by atoms with E-state index in [2.05, 4.69) is 20.5 Å². The van der Waals surface area contributed by atoms with Crippen LogP contribution >= 0.6 is 0 Å². The van der Waals surface area contributed by atoms with Crippen LogP contribution in [0.25, 0.3) is 0 Å². The Morgan fingerprint density at radius 3 is 2.59 bits per heavy atom. The van der Waals surface area contributed by atoms with Crippen molar-refractivity contribution in [1.82, 2.24) is 20.1 Å². The topological polar surface area (TPSA) is 103 Å². The van der Waals surface area contributed by atoms with Gasteiger partial charge in [-0.15, -0.1) is 0 Å². The molecule has 0 unspecified atom stereocenters. The number of pyridine rings is 1. The van der Waals surface area contributed by atoms with Crippen LogP contribution in [-0.4, -0.2) is 71.4 Å². The van der Waals surface area contributed by atoms with Gasteiger partial charge >= 0.3 is 6.18 Å². The number of rotatable bonds is 9. The van der Waals surface area contributed by atoms with E-state index in [1.165, 1.54) is 6.07 Å². The molecule has 0 spiro atoms. The van der Waals surface area contributed by atoms with Gasteiger partial charge in [-0.05, 0) is 25.5 Å². The summed E-state index contributed by atoms with van der Waals surface area (Å²) in [4.78, 5) is 31.7. The Bertz CT molecular complexity index is 1000. The Hall–Kier alpha value is -3.15. The fraction of sp³-hybridized carbons (Fsp3) is 0.545. The van der Waals surface area contributed by atoms with Crippen molar-refractivity contribution in [3.8, 4) is 0 Å². The molecule has 2 aromatic heterocycles. The van der Waals surface area contributed by atoms with Crippen molar-refractivity contribution in [2.75, 3.05) is 49.6 Å². The summed E-state index contributed by atoms with van der Waals surface area (Å²) in [6.07, 6.45) is -1.03. The molecule has 0 saturated carbocycles. The highest BCUT2D eigenvalue weighted by Gasteiger charge is 2.31. The Labute approximate surface area is 195 Å². The molecule has 1 aliphatic heterocycles. The number of aromatic amines is 1. The summed E-state index contributed by atoms with van der Waals surface area (Å²) in [6.45, 7) is 6.28. The third-order valence-electron chi connectivity index (χ3n) is 5.77. The van der Waals surface area contributed by atoms with Crippen LogP contribution in [0.2, 0.25) is 0 Å². The second kappa shape index (κ2) is 11.3. The molecule has 0 radical (unpaired) electrons. The average molecular weight is 483 g/mol. The van der Waals surface area contributed by atoms with Gasteiger partial charge in [0.25, 0.3) is 5.56 Å². The molecule has 1 saturated heterocycles. The molecule has 186 valence electrons. The van der Waals surface area contributed by atoms with Crippen molar-refractivity contribution < 1.29 is 22.7 Å². The first-order valence-electron chi connectivity index (χ1n) is 11.1. The van der Waals surface area contributed by atoms with E-state index in [0.29, 0.717) is 49.9 Å². The summed E-state index contributed by atoms with van der Waals surface area (Å²) >= 11 is 0. The zero-order chi connectivity index (χ0) is 24.7. The second-order valence-corrected chi connectivity index (χ2v) is 8.08. The number of carbonyl (C=O) groups is 1. The number of alkyl halides is 3. The van der Waals surface area contributed by atoms with Gasteiger partial charge in [0.05, 0.1) is 37.1 Å². The number of ether oxygens (including phenoxy) is 1. The number of amides is 1. The predicted molar refractivity (Wildman–Crippen MR) is 121 cm³/mol. The Balaban J connectivity index is 1.39. The first-order valence-corrected chi connectivity index (χ1v) is 11.1. The van der Waals surface area contributed by atoms with Crippen LogP contribution in [0.1, 0.15) is 30.9 Å². The molecule has 1 atom stereocenters. The van der Waals surface area contributed by atoms with Crippen molar-refractivity contribution in [3.05, 3.63) is 46.0 Å². The van der Waals surface area contributed by atoms with E-state index in [1.54, 1.807) is 18.0 Å². The molecule has 3 heterocycles. The number of H-pyrrole nitrogens is 1. The van der Waals surface area contributed by atoms with Gasteiger partial charge < -0.3 is 19.9 Å². The van der Waals surface area contributed by atoms with Crippen molar-refractivity contribution in [1.29, 1.82) is 0 Å². The maximum Gasteiger partial charge on any atom is 0.417 e. The van der Waals surface area contributed by atoms with Gasteiger partial charge in [0.2, 0.25) is 5.91 Å². The second-order valence-electron chi connectivity index (χ2n) is 8.08. The molecule has 1 fully saturated rings. The molecule has 1 aliphatic rings. The van der Waals surface area contributed by atoms with Gasteiger partial charge in [0, 0.05) is 44.0 Å². The average Bonchev–Trinajstić information content (AvgIpc) is 2.83. The Morgan fingerprint density at radius 2 is 1.97 bits per heavy atom. The summed E-state index contributed by atoms with van der Waals surface area (Å²) in [5.41, 5.74) is 0.167. The summed E-state index contributed by atoms with van der Waals surface area (Å²) < 4.78 is 43.8. The predicted octanol–water partition coefficient (Wildman–Crippen LogP) is 2.44. The number of halogens is 3. The number of hydrogen-bond acceptors (Lipinski definition) is 7. The lowest BCUT2D eigenvalue weighted by atomic mass is 10.2.